The van der Waals surface area contributed by atoms with Gasteiger partial charge in [-0.25, -0.2) is 8.42 Å². The fourth-order valence-electron chi connectivity index (χ4n) is 5.21. The molecule has 0 spiro atoms. The van der Waals surface area contributed by atoms with Gasteiger partial charge in [-0.2, -0.15) is 4.31 Å². The first-order valence-electron chi connectivity index (χ1n) is 12.3. The van der Waals surface area contributed by atoms with E-state index in [1.807, 2.05) is 0 Å². The van der Waals surface area contributed by atoms with Crippen molar-refractivity contribution >= 4 is 27.7 Å². The summed E-state index contributed by atoms with van der Waals surface area (Å²) in [6, 6.07) is 11.1. The van der Waals surface area contributed by atoms with Crippen LogP contribution in [0.4, 0.5) is 0 Å². The minimum absolute atomic E-state index is 0.0642. The van der Waals surface area contributed by atoms with Crippen LogP contribution < -0.4 is 5.32 Å². The number of fused-ring (bicyclic) bond motifs is 1. The van der Waals surface area contributed by atoms with Crippen LogP contribution in [0.25, 0.3) is 0 Å². The van der Waals surface area contributed by atoms with E-state index in [0.717, 1.165) is 50.5 Å². The van der Waals surface area contributed by atoms with Gasteiger partial charge in [-0.3, -0.25) is 19.3 Å². The Hall–Kier alpha value is -3.04. The third-order valence-corrected chi connectivity index (χ3v) is 9.11. The molecule has 3 amide bonds. The average molecular weight is 496 g/mol. The molecule has 1 N–H and O–H groups in total. The van der Waals surface area contributed by atoms with Crippen molar-refractivity contribution in [3.05, 3.63) is 64.7 Å². The van der Waals surface area contributed by atoms with Crippen molar-refractivity contribution < 1.29 is 22.8 Å². The lowest BCUT2D eigenvalue weighted by atomic mass is 9.94. The Bertz CT molecular complexity index is 1260. The van der Waals surface area contributed by atoms with E-state index in [0.29, 0.717) is 24.2 Å². The predicted octanol–water partition coefficient (Wildman–Crippen LogP) is 3.33. The number of imide groups is 1. The number of amides is 3. The van der Waals surface area contributed by atoms with Gasteiger partial charge in [-0.15, -0.1) is 0 Å². The van der Waals surface area contributed by atoms with E-state index in [4.69, 9.17) is 0 Å². The number of carbonyl (C=O) groups excluding carboxylic acids is 3. The molecular weight excluding hydrogens is 466 g/mol. The van der Waals surface area contributed by atoms with E-state index in [2.05, 4.69) is 5.32 Å². The lowest BCUT2D eigenvalue weighted by molar-refractivity contribution is 0.0548. The Balaban J connectivity index is 1.24. The highest BCUT2D eigenvalue weighted by molar-refractivity contribution is 7.89. The highest BCUT2D eigenvalue weighted by atomic mass is 32.2. The molecule has 2 heterocycles. The smallest absolute Gasteiger partial charge is 0.261 e. The Labute approximate surface area is 205 Å². The van der Waals surface area contributed by atoms with Gasteiger partial charge < -0.3 is 5.32 Å². The van der Waals surface area contributed by atoms with Crippen molar-refractivity contribution in [2.24, 2.45) is 0 Å². The molecule has 8 nitrogen and oxygen atoms in total. The van der Waals surface area contributed by atoms with Crippen LogP contribution in [0.1, 0.15) is 81.6 Å². The summed E-state index contributed by atoms with van der Waals surface area (Å²) in [5.41, 5.74) is 1.70. The van der Waals surface area contributed by atoms with Gasteiger partial charge in [0.2, 0.25) is 10.0 Å². The fraction of sp³-hybridized carbons (Fsp3) is 0.423. The molecule has 1 aliphatic carbocycles. The summed E-state index contributed by atoms with van der Waals surface area (Å²) >= 11 is 0. The molecule has 0 bridgehead atoms. The summed E-state index contributed by atoms with van der Waals surface area (Å²) in [5.74, 6) is -0.952. The van der Waals surface area contributed by atoms with Gasteiger partial charge in [0, 0.05) is 31.2 Å². The lowest BCUT2D eigenvalue weighted by Gasteiger charge is -2.29. The van der Waals surface area contributed by atoms with E-state index in [1.165, 1.54) is 15.3 Å². The number of hydrogen-bond donors (Lipinski definition) is 1. The SMILES string of the molecule is O=C(NCc1ccc(S(=O)(=O)N2CCCC2)cc1)c1ccc2c(c1)C(=O)N(C1CCCCC1)C2=O. The Kier molecular flexibility index (Phi) is 6.46. The van der Waals surface area contributed by atoms with Crippen LogP contribution in [0.15, 0.2) is 47.4 Å². The third kappa shape index (κ3) is 4.50. The predicted molar refractivity (Wildman–Crippen MR) is 129 cm³/mol. The van der Waals surface area contributed by atoms with Gasteiger partial charge in [0.05, 0.1) is 16.0 Å². The molecule has 2 aromatic rings. The maximum absolute atomic E-state index is 13.0. The number of hydrogen-bond acceptors (Lipinski definition) is 5. The van der Waals surface area contributed by atoms with Crippen LogP contribution in [0.2, 0.25) is 0 Å². The molecule has 0 aromatic heterocycles. The van der Waals surface area contributed by atoms with Gasteiger partial charge in [0.1, 0.15) is 0 Å². The molecule has 5 rings (SSSR count). The normalized spacial score (nSPS) is 19.3. The molecule has 0 radical (unpaired) electrons. The van der Waals surface area contributed by atoms with Crippen molar-refractivity contribution in [1.29, 1.82) is 0 Å². The molecule has 35 heavy (non-hydrogen) atoms. The Morgan fingerprint density at radius 3 is 2.20 bits per heavy atom. The lowest BCUT2D eigenvalue weighted by Crippen LogP contribution is -2.40. The first kappa shape index (κ1) is 23.7. The van der Waals surface area contributed by atoms with Crippen LogP contribution in [0.5, 0.6) is 0 Å². The molecule has 2 aromatic carbocycles. The number of sulfonamides is 1. The van der Waals surface area contributed by atoms with Crippen molar-refractivity contribution in [3.63, 3.8) is 0 Å². The van der Waals surface area contributed by atoms with Crippen LogP contribution in [-0.4, -0.2) is 54.5 Å². The van der Waals surface area contributed by atoms with Crippen molar-refractivity contribution in [2.75, 3.05) is 13.1 Å². The summed E-state index contributed by atoms with van der Waals surface area (Å²) in [7, 11) is -3.48. The summed E-state index contributed by atoms with van der Waals surface area (Å²) < 4.78 is 26.8. The van der Waals surface area contributed by atoms with Crippen LogP contribution in [-0.2, 0) is 16.6 Å². The molecule has 2 aliphatic heterocycles. The van der Waals surface area contributed by atoms with Crippen molar-refractivity contribution in [2.45, 2.75) is 62.4 Å². The second-order valence-electron chi connectivity index (χ2n) is 9.47. The number of nitrogens with zero attached hydrogens (tertiary/aromatic N) is 2. The highest BCUT2D eigenvalue weighted by Gasteiger charge is 2.40. The van der Waals surface area contributed by atoms with Gasteiger partial charge in [-0.05, 0) is 61.6 Å². The molecule has 3 aliphatic rings. The minimum Gasteiger partial charge on any atom is -0.348 e. The zero-order chi connectivity index (χ0) is 24.6. The first-order chi connectivity index (χ1) is 16.9. The fourth-order valence-corrected chi connectivity index (χ4v) is 6.73. The highest BCUT2D eigenvalue weighted by Crippen LogP contribution is 2.31. The number of benzene rings is 2. The number of carbonyl (C=O) groups is 3. The molecule has 184 valence electrons. The van der Waals surface area contributed by atoms with Gasteiger partial charge in [-0.1, -0.05) is 31.4 Å². The van der Waals surface area contributed by atoms with Crippen molar-refractivity contribution in [1.82, 2.24) is 14.5 Å². The number of nitrogens with one attached hydrogen (secondary N) is 1. The van der Waals surface area contributed by atoms with Gasteiger partial charge >= 0.3 is 0 Å². The molecule has 2 fully saturated rings. The Morgan fingerprint density at radius 1 is 0.857 bits per heavy atom. The zero-order valence-corrected chi connectivity index (χ0v) is 20.4. The van der Waals surface area contributed by atoms with Crippen LogP contribution in [0, 0.1) is 0 Å². The molecular formula is C26H29N3O5S. The molecule has 0 unspecified atom stereocenters. The Morgan fingerprint density at radius 2 is 1.51 bits per heavy atom. The average Bonchev–Trinajstić information content (AvgIpc) is 3.51. The van der Waals surface area contributed by atoms with Crippen LogP contribution in [0.3, 0.4) is 0 Å². The number of rotatable bonds is 6. The first-order valence-corrected chi connectivity index (χ1v) is 13.7. The quantitative estimate of drug-likeness (QED) is 0.619. The van der Waals surface area contributed by atoms with Crippen LogP contribution >= 0.6 is 0 Å². The monoisotopic (exact) mass is 495 g/mol. The summed E-state index contributed by atoms with van der Waals surface area (Å²) in [6.45, 7) is 1.31. The van der Waals surface area contributed by atoms with E-state index >= 15 is 0 Å². The third-order valence-electron chi connectivity index (χ3n) is 7.20. The summed E-state index contributed by atoms with van der Waals surface area (Å²) in [6.07, 6.45) is 6.57. The van der Waals surface area contributed by atoms with E-state index < -0.39 is 10.0 Å². The molecule has 9 heteroatoms. The second kappa shape index (κ2) is 9.54. The van der Waals surface area contributed by atoms with Gasteiger partial charge in [0.25, 0.3) is 17.7 Å². The second-order valence-corrected chi connectivity index (χ2v) is 11.4. The molecule has 1 saturated carbocycles. The largest absolute Gasteiger partial charge is 0.348 e. The minimum atomic E-state index is -3.48. The maximum atomic E-state index is 13.0. The summed E-state index contributed by atoms with van der Waals surface area (Å²) in [4.78, 5) is 40.2. The van der Waals surface area contributed by atoms with Crippen molar-refractivity contribution in [3.8, 4) is 0 Å². The summed E-state index contributed by atoms with van der Waals surface area (Å²) in [5, 5.41) is 2.81. The van der Waals surface area contributed by atoms with E-state index in [-0.39, 0.29) is 40.8 Å². The molecule has 0 atom stereocenters. The molecule has 1 saturated heterocycles. The zero-order valence-electron chi connectivity index (χ0n) is 19.5. The van der Waals surface area contributed by atoms with E-state index in [9.17, 15) is 22.8 Å². The maximum Gasteiger partial charge on any atom is 0.261 e. The topological polar surface area (TPSA) is 104 Å². The standard InChI is InChI=1S/C26H29N3O5S/c30-24(27-17-18-8-11-21(12-9-18)35(33,34)28-14-4-5-15-28)19-10-13-22-23(16-19)26(32)29(25(22)31)20-6-2-1-3-7-20/h8-13,16,20H,1-7,14-15,17H2,(H,27,30). The van der Waals surface area contributed by atoms with E-state index in [1.54, 1.807) is 36.4 Å². The van der Waals surface area contributed by atoms with Gasteiger partial charge in [0.15, 0.2) is 0 Å².